The lowest BCUT2D eigenvalue weighted by Crippen LogP contribution is -2.23. The first-order valence-electron chi connectivity index (χ1n) is 10.6. The molecule has 0 aliphatic heterocycles. The Balaban J connectivity index is 1.77. The first-order valence-corrected chi connectivity index (χ1v) is 12.5. The maximum Gasteiger partial charge on any atom is 0.256 e. The lowest BCUT2D eigenvalue weighted by Gasteiger charge is -2.20. The zero-order chi connectivity index (χ0) is 23.4. The topological polar surface area (TPSA) is 106 Å². The lowest BCUT2D eigenvalue weighted by molar-refractivity contribution is 0.102. The first kappa shape index (κ1) is 22.3. The third-order valence-electron chi connectivity index (χ3n) is 5.50. The number of nitrogens with one attached hydrogen (secondary N) is 2. The predicted molar refractivity (Wildman–Crippen MR) is 127 cm³/mol. The molecule has 1 fully saturated rings. The van der Waals surface area contributed by atoms with E-state index >= 15 is 0 Å². The Morgan fingerprint density at radius 3 is 2.44 bits per heavy atom. The van der Waals surface area contributed by atoms with Crippen molar-refractivity contribution in [2.24, 2.45) is 0 Å². The van der Waals surface area contributed by atoms with Crippen LogP contribution in [0.3, 0.4) is 0 Å². The molecule has 0 atom stereocenters. The van der Waals surface area contributed by atoms with Gasteiger partial charge in [0.15, 0.2) is 5.65 Å². The van der Waals surface area contributed by atoms with Gasteiger partial charge >= 0.3 is 0 Å². The Labute approximate surface area is 188 Å². The van der Waals surface area contributed by atoms with Gasteiger partial charge in [-0.1, -0.05) is 6.07 Å². The highest BCUT2D eigenvalue weighted by Crippen LogP contribution is 2.41. The van der Waals surface area contributed by atoms with E-state index in [1.807, 2.05) is 17.7 Å². The van der Waals surface area contributed by atoms with Crippen LogP contribution in [0.5, 0.6) is 0 Å². The van der Waals surface area contributed by atoms with Gasteiger partial charge in [-0.25, -0.2) is 18.1 Å². The van der Waals surface area contributed by atoms with Crippen LogP contribution < -0.4 is 10.0 Å². The SMILES string of the molecule is Cc1ccc(NC(=O)c2cc(C3CC3)nc3c2c(C)nn3C(C)(C)C)cc1NS(C)(=O)=O. The maximum atomic E-state index is 13.4. The van der Waals surface area contributed by atoms with Crippen LogP contribution in [0, 0.1) is 13.8 Å². The van der Waals surface area contributed by atoms with E-state index in [1.54, 1.807) is 25.1 Å². The summed E-state index contributed by atoms with van der Waals surface area (Å²) in [5, 5.41) is 8.36. The van der Waals surface area contributed by atoms with Crippen molar-refractivity contribution in [3.05, 3.63) is 46.8 Å². The molecule has 170 valence electrons. The highest BCUT2D eigenvalue weighted by atomic mass is 32.2. The summed E-state index contributed by atoms with van der Waals surface area (Å²) in [7, 11) is -3.43. The third-order valence-corrected chi connectivity index (χ3v) is 6.09. The van der Waals surface area contributed by atoms with Gasteiger partial charge in [0.25, 0.3) is 5.91 Å². The van der Waals surface area contributed by atoms with Crippen LogP contribution >= 0.6 is 0 Å². The fourth-order valence-corrected chi connectivity index (χ4v) is 4.37. The second kappa shape index (κ2) is 7.58. The number of carbonyl (C=O) groups is 1. The van der Waals surface area contributed by atoms with Gasteiger partial charge < -0.3 is 5.32 Å². The number of amides is 1. The Kier molecular flexibility index (Phi) is 5.27. The summed E-state index contributed by atoms with van der Waals surface area (Å²) >= 11 is 0. The van der Waals surface area contributed by atoms with E-state index in [-0.39, 0.29) is 11.4 Å². The zero-order valence-electron chi connectivity index (χ0n) is 19.3. The van der Waals surface area contributed by atoms with Gasteiger partial charge in [0.05, 0.1) is 34.1 Å². The van der Waals surface area contributed by atoms with E-state index in [2.05, 4.69) is 30.8 Å². The molecular formula is C23H29N5O3S. The third kappa shape index (κ3) is 4.48. The van der Waals surface area contributed by atoms with Crippen molar-refractivity contribution in [1.82, 2.24) is 14.8 Å². The number of benzene rings is 1. The van der Waals surface area contributed by atoms with E-state index in [0.29, 0.717) is 28.5 Å². The number of anilines is 2. The van der Waals surface area contributed by atoms with Gasteiger partial charge in [0.1, 0.15) is 0 Å². The Morgan fingerprint density at radius 1 is 1.16 bits per heavy atom. The van der Waals surface area contributed by atoms with E-state index < -0.39 is 10.0 Å². The molecule has 4 rings (SSSR count). The van der Waals surface area contributed by atoms with Gasteiger partial charge in [-0.3, -0.25) is 9.52 Å². The Morgan fingerprint density at radius 2 is 1.84 bits per heavy atom. The summed E-state index contributed by atoms with van der Waals surface area (Å²) in [4.78, 5) is 18.3. The number of nitrogens with zero attached hydrogens (tertiary/aromatic N) is 3. The molecule has 1 aliphatic rings. The van der Waals surface area contributed by atoms with Gasteiger partial charge in [0, 0.05) is 17.3 Å². The quantitative estimate of drug-likeness (QED) is 0.596. The summed E-state index contributed by atoms with van der Waals surface area (Å²) in [6, 6.07) is 7.02. The van der Waals surface area contributed by atoms with Crippen LogP contribution in [0.15, 0.2) is 24.3 Å². The minimum absolute atomic E-state index is 0.273. The van der Waals surface area contributed by atoms with Gasteiger partial charge in [0.2, 0.25) is 10.0 Å². The first-order chi connectivity index (χ1) is 14.8. The maximum absolute atomic E-state index is 13.4. The Bertz CT molecular complexity index is 1330. The summed E-state index contributed by atoms with van der Waals surface area (Å²) < 4.78 is 27.7. The van der Waals surface area contributed by atoms with Crippen LogP contribution in [0.25, 0.3) is 11.0 Å². The number of hydrogen-bond acceptors (Lipinski definition) is 5. The van der Waals surface area contributed by atoms with E-state index in [4.69, 9.17) is 10.1 Å². The summed E-state index contributed by atoms with van der Waals surface area (Å²) in [5.41, 5.74) is 4.33. The van der Waals surface area contributed by atoms with Gasteiger partial charge in [-0.05, 0) is 71.2 Å². The molecule has 1 amide bonds. The van der Waals surface area contributed by atoms with Crippen molar-refractivity contribution < 1.29 is 13.2 Å². The lowest BCUT2D eigenvalue weighted by atomic mass is 10.1. The number of aryl methyl sites for hydroxylation is 2. The van der Waals surface area contributed by atoms with Crippen LogP contribution in [0.4, 0.5) is 11.4 Å². The predicted octanol–water partition coefficient (Wildman–Crippen LogP) is 4.30. The van der Waals surface area contributed by atoms with E-state index in [1.165, 1.54) is 0 Å². The second-order valence-corrected chi connectivity index (χ2v) is 11.3. The van der Waals surface area contributed by atoms with Crippen molar-refractivity contribution in [3.8, 4) is 0 Å². The molecule has 2 aromatic heterocycles. The van der Waals surface area contributed by atoms with Gasteiger partial charge in [-0.2, -0.15) is 5.10 Å². The molecule has 0 spiro atoms. The fraction of sp³-hybridized carbons (Fsp3) is 0.435. The van der Waals surface area contributed by atoms with Crippen molar-refractivity contribution in [2.45, 2.75) is 58.9 Å². The molecule has 3 aromatic rings. The fourth-order valence-electron chi connectivity index (χ4n) is 3.75. The summed E-state index contributed by atoms with van der Waals surface area (Å²) in [6.45, 7) is 9.88. The van der Waals surface area contributed by atoms with Crippen LogP contribution in [-0.2, 0) is 15.6 Å². The van der Waals surface area contributed by atoms with Crippen LogP contribution in [-0.4, -0.2) is 35.3 Å². The highest BCUT2D eigenvalue weighted by Gasteiger charge is 2.30. The summed E-state index contributed by atoms with van der Waals surface area (Å²) in [5.74, 6) is 0.101. The van der Waals surface area contributed by atoms with E-state index in [0.717, 1.165) is 41.4 Å². The number of hydrogen-bond donors (Lipinski definition) is 2. The molecular weight excluding hydrogens is 426 g/mol. The number of carbonyl (C=O) groups excluding carboxylic acids is 1. The molecule has 8 nitrogen and oxygen atoms in total. The number of fused-ring (bicyclic) bond motifs is 1. The molecule has 1 aliphatic carbocycles. The standard InChI is InChI=1S/C23H29N5O3S/c1-13-7-10-16(11-18(13)27-32(6,30)31)24-22(29)17-12-19(15-8-9-15)25-21-20(17)14(2)26-28(21)23(3,4)5/h7,10-12,15,27H,8-9H2,1-6H3,(H,24,29). The molecule has 0 saturated heterocycles. The number of aromatic nitrogens is 3. The zero-order valence-corrected chi connectivity index (χ0v) is 20.1. The molecule has 0 bridgehead atoms. The normalized spacial score (nSPS) is 14.6. The van der Waals surface area contributed by atoms with Crippen LogP contribution in [0.2, 0.25) is 0 Å². The van der Waals surface area contributed by atoms with Crippen molar-refractivity contribution in [1.29, 1.82) is 0 Å². The smallest absolute Gasteiger partial charge is 0.256 e. The number of sulfonamides is 1. The molecule has 1 saturated carbocycles. The van der Waals surface area contributed by atoms with Crippen molar-refractivity contribution in [3.63, 3.8) is 0 Å². The molecule has 0 radical (unpaired) electrons. The number of pyridine rings is 1. The van der Waals surface area contributed by atoms with Gasteiger partial charge in [-0.15, -0.1) is 0 Å². The minimum Gasteiger partial charge on any atom is -0.322 e. The highest BCUT2D eigenvalue weighted by molar-refractivity contribution is 7.92. The molecule has 2 heterocycles. The minimum atomic E-state index is -3.43. The number of rotatable bonds is 5. The molecule has 9 heteroatoms. The van der Waals surface area contributed by atoms with E-state index in [9.17, 15) is 13.2 Å². The molecule has 1 aromatic carbocycles. The molecule has 0 unspecified atom stereocenters. The largest absolute Gasteiger partial charge is 0.322 e. The van der Waals surface area contributed by atoms with Crippen molar-refractivity contribution >= 4 is 38.3 Å². The average molecular weight is 456 g/mol. The monoisotopic (exact) mass is 455 g/mol. The summed E-state index contributed by atoms with van der Waals surface area (Å²) in [6.07, 6.45) is 3.24. The molecule has 2 N–H and O–H groups in total. The second-order valence-electron chi connectivity index (χ2n) is 9.59. The Hall–Kier alpha value is -2.94. The van der Waals surface area contributed by atoms with Crippen molar-refractivity contribution in [2.75, 3.05) is 16.3 Å². The molecule has 32 heavy (non-hydrogen) atoms. The van der Waals surface area contributed by atoms with Crippen LogP contribution in [0.1, 0.15) is 66.8 Å². The average Bonchev–Trinajstić information content (AvgIpc) is 3.45.